The van der Waals surface area contributed by atoms with Crippen molar-refractivity contribution in [3.63, 3.8) is 0 Å². The Bertz CT molecular complexity index is 770. The maximum atomic E-state index is 12.3. The van der Waals surface area contributed by atoms with Crippen LogP contribution >= 0.6 is 11.6 Å². The highest BCUT2D eigenvalue weighted by atomic mass is 35.5. The number of phenolic OH excluding ortho intramolecular Hbond substituents is 1. The predicted octanol–water partition coefficient (Wildman–Crippen LogP) is 3.66. The first kappa shape index (κ1) is 17.8. The van der Waals surface area contributed by atoms with Gasteiger partial charge in [0.15, 0.2) is 5.78 Å². The molecular formula is C18H17ClO5. The minimum atomic E-state index is -0.498. The predicted molar refractivity (Wildman–Crippen MR) is 90.1 cm³/mol. The van der Waals surface area contributed by atoms with Crippen molar-refractivity contribution >= 4 is 23.4 Å². The van der Waals surface area contributed by atoms with Crippen LogP contribution in [0.3, 0.4) is 0 Å². The molecule has 0 bridgehead atoms. The summed E-state index contributed by atoms with van der Waals surface area (Å²) in [5.41, 5.74) is 1.25. The Kier molecular flexibility index (Phi) is 5.82. The third-order valence-corrected chi connectivity index (χ3v) is 3.87. The average Bonchev–Trinajstić information content (AvgIpc) is 2.61. The second-order valence-corrected chi connectivity index (χ2v) is 5.52. The Morgan fingerprint density at radius 2 is 1.83 bits per heavy atom. The zero-order valence-electron chi connectivity index (χ0n) is 13.3. The van der Waals surface area contributed by atoms with E-state index < -0.39 is 5.97 Å². The molecule has 0 aliphatic carbocycles. The van der Waals surface area contributed by atoms with E-state index in [-0.39, 0.29) is 23.0 Å². The molecule has 126 valence electrons. The highest BCUT2D eigenvalue weighted by Crippen LogP contribution is 2.33. The van der Waals surface area contributed by atoms with Crippen LogP contribution in [0.15, 0.2) is 36.4 Å². The lowest BCUT2D eigenvalue weighted by Crippen LogP contribution is -2.06. The van der Waals surface area contributed by atoms with E-state index in [2.05, 4.69) is 4.74 Å². The van der Waals surface area contributed by atoms with Gasteiger partial charge in [-0.25, -0.2) is 4.79 Å². The zero-order chi connectivity index (χ0) is 17.7. The van der Waals surface area contributed by atoms with Crippen LogP contribution in [0.4, 0.5) is 0 Å². The van der Waals surface area contributed by atoms with E-state index in [4.69, 9.17) is 16.3 Å². The van der Waals surface area contributed by atoms with Gasteiger partial charge in [0.25, 0.3) is 0 Å². The third-order valence-electron chi connectivity index (χ3n) is 3.58. The average molecular weight is 349 g/mol. The Morgan fingerprint density at radius 3 is 2.50 bits per heavy atom. The van der Waals surface area contributed by atoms with Crippen LogP contribution in [-0.2, 0) is 11.2 Å². The molecule has 0 saturated carbocycles. The summed E-state index contributed by atoms with van der Waals surface area (Å²) < 4.78 is 9.75. The van der Waals surface area contributed by atoms with E-state index in [0.29, 0.717) is 28.9 Å². The number of methoxy groups -OCH3 is 2. The molecule has 0 spiro atoms. The van der Waals surface area contributed by atoms with Gasteiger partial charge in [0, 0.05) is 18.1 Å². The molecular weight excluding hydrogens is 332 g/mol. The summed E-state index contributed by atoms with van der Waals surface area (Å²) in [5, 5.41) is 10.2. The Morgan fingerprint density at radius 1 is 1.12 bits per heavy atom. The number of phenols is 1. The molecule has 0 unspecified atom stereocenters. The summed E-state index contributed by atoms with van der Waals surface area (Å²) in [6.07, 6.45) is 0.450. The molecule has 1 N–H and O–H groups in total. The molecule has 0 aliphatic heterocycles. The van der Waals surface area contributed by atoms with Crippen LogP contribution in [0.2, 0.25) is 5.02 Å². The number of aromatic hydroxyl groups is 1. The number of halogens is 1. The Labute approximate surface area is 144 Å². The fourth-order valence-corrected chi connectivity index (χ4v) is 2.50. The number of ether oxygens (including phenoxy) is 2. The van der Waals surface area contributed by atoms with E-state index in [0.717, 1.165) is 0 Å². The van der Waals surface area contributed by atoms with Gasteiger partial charge in [-0.1, -0.05) is 23.7 Å². The lowest BCUT2D eigenvalue weighted by molar-refractivity contribution is 0.0600. The first-order valence-corrected chi connectivity index (χ1v) is 7.61. The first-order chi connectivity index (χ1) is 11.5. The summed E-state index contributed by atoms with van der Waals surface area (Å²) in [7, 11) is 2.78. The van der Waals surface area contributed by atoms with Crippen molar-refractivity contribution in [2.75, 3.05) is 14.2 Å². The molecule has 2 aromatic rings. The minimum Gasteiger partial charge on any atom is -0.506 e. The van der Waals surface area contributed by atoms with Crippen LogP contribution in [0.25, 0.3) is 0 Å². The summed E-state index contributed by atoms with van der Waals surface area (Å²) in [5.74, 6) is -0.206. The third kappa shape index (κ3) is 4.06. The van der Waals surface area contributed by atoms with Gasteiger partial charge in [-0.2, -0.15) is 0 Å². The molecule has 2 aromatic carbocycles. The lowest BCUT2D eigenvalue weighted by atomic mass is 10.0. The molecule has 0 fully saturated rings. The van der Waals surface area contributed by atoms with Crippen LogP contribution in [0.5, 0.6) is 11.5 Å². The van der Waals surface area contributed by atoms with Gasteiger partial charge >= 0.3 is 5.97 Å². The highest BCUT2D eigenvalue weighted by molar-refractivity contribution is 6.32. The molecule has 0 saturated heterocycles. The van der Waals surface area contributed by atoms with Gasteiger partial charge in [0.1, 0.15) is 11.5 Å². The summed E-state index contributed by atoms with van der Waals surface area (Å²) in [6.45, 7) is 0. The SMILES string of the molecule is COC(=O)c1cccc(C(=O)CCc2cc(OC)cc(Cl)c2O)c1. The van der Waals surface area contributed by atoms with E-state index >= 15 is 0 Å². The number of rotatable bonds is 6. The maximum absolute atomic E-state index is 12.3. The standard InChI is InChI=1S/C18H17ClO5/c1-23-14-9-12(17(21)15(19)10-14)6-7-16(20)11-4-3-5-13(8-11)18(22)24-2/h3-5,8-10,21H,6-7H2,1-2H3. The molecule has 0 aromatic heterocycles. The summed E-state index contributed by atoms with van der Waals surface area (Å²) >= 11 is 5.94. The summed E-state index contributed by atoms with van der Waals surface area (Å²) in [6, 6.07) is 9.47. The smallest absolute Gasteiger partial charge is 0.337 e. The first-order valence-electron chi connectivity index (χ1n) is 7.23. The number of hydrogen-bond donors (Lipinski definition) is 1. The second kappa shape index (κ2) is 7.84. The van der Waals surface area contributed by atoms with Gasteiger partial charge in [-0.05, 0) is 30.2 Å². The highest BCUT2D eigenvalue weighted by Gasteiger charge is 2.14. The molecule has 0 atom stereocenters. The molecule has 5 nitrogen and oxygen atoms in total. The molecule has 0 aliphatic rings. The number of esters is 1. The number of benzene rings is 2. The normalized spacial score (nSPS) is 10.3. The number of hydrogen-bond acceptors (Lipinski definition) is 5. The minimum absolute atomic E-state index is 0.0615. The van der Waals surface area contributed by atoms with Crippen molar-refractivity contribution in [2.24, 2.45) is 0 Å². The van der Waals surface area contributed by atoms with Gasteiger partial charge < -0.3 is 14.6 Å². The molecule has 24 heavy (non-hydrogen) atoms. The van der Waals surface area contributed by atoms with Crippen molar-refractivity contribution in [1.82, 2.24) is 0 Å². The van der Waals surface area contributed by atoms with Gasteiger partial charge in [-0.3, -0.25) is 4.79 Å². The quantitative estimate of drug-likeness (QED) is 0.637. The molecule has 6 heteroatoms. The van der Waals surface area contributed by atoms with E-state index in [9.17, 15) is 14.7 Å². The van der Waals surface area contributed by atoms with Gasteiger partial charge in [0.2, 0.25) is 0 Å². The largest absolute Gasteiger partial charge is 0.506 e. The van der Waals surface area contributed by atoms with Crippen LogP contribution in [0.1, 0.15) is 32.7 Å². The zero-order valence-corrected chi connectivity index (χ0v) is 14.1. The van der Waals surface area contributed by atoms with E-state index in [1.165, 1.54) is 26.4 Å². The summed E-state index contributed by atoms with van der Waals surface area (Å²) in [4.78, 5) is 23.9. The van der Waals surface area contributed by atoms with Crippen molar-refractivity contribution in [2.45, 2.75) is 12.8 Å². The monoisotopic (exact) mass is 348 g/mol. The van der Waals surface area contributed by atoms with Gasteiger partial charge in [-0.15, -0.1) is 0 Å². The topological polar surface area (TPSA) is 72.8 Å². The number of aryl methyl sites for hydroxylation is 1. The fraction of sp³-hybridized carbons (Fsp3) is 0.222. The van der Waals surface area contributed by atoms with Crippen molar-refractivity contribution in [3.8, 4) is 11.5 Å². The lowest BCUT2D eigenvalue weighted by Gasteiger charge is -2.09. The second-order valence-electron chi connectivity index (χ2n) is 5.11. The Balaban J connectivity index is 2.14. The van der Waals surface area contributed by atoms with Crippen LogP contribution in [0, 0.1) is 0 Å². The van der Waals surface area contributed by atoms with Crippen molar-refractivity contribution < 1.29 is 24.2 Å². The number of Topliss-reactive ketones (excluding diaryl/α,β-unsaturated/α-hetero) is 1. The fourth-order valence-electron chi connectivity index (χ4n) is 2.27. The van der Waals surface area contributed by atoms with Gasteiger partial charge in [0.05, 0.1) is 24.8 Å². The van der Waals surface area contributed by atoms with E-state index in [1.807, 2.05) is 0 Å². The van der Waals surface area contributed by atoms with Crippen LogP contribution in [-0.4, -0.2) is 31.1 Å². The maximum Gasteiger partial charge on any atom is 0.337 e. The number of carbonyl (C=O) groups is 2. The molecule has 0 heterocycles. The van der Waals surface area contributed by atoms with Crippen molar-refractivity contribution in [3.05, 3.63) is 58.1 Å². The van der Waals surface area contributed by atoms with E-state index in [1.54, 1.807) is 24.3 Å². The van der Waals surface area contributed by atoms with Crippen molar-refractivity contribution in [1.29, 1.82) is 0 Å². The molecule has 2 rings (SSSR count). The molecule has 0 amide bonds. The Hall–Kier alpha value is -2.53. The molecule has 0 radical (unpaired) electrons. The van der Waals surface area contributed by atoms with Crippen LogP contribution < -0.4 is 4.74 Å². The number of ketones is 1. The number of carbonyl (C=O) groups excluding carboxylic acids is 2.